The van der Waals surface area contributed by atoms with Crippen LogP contribution in [0.2, 0.25) is 0 Å². The average Bonchev–Trinajstić information content (AvgIpc) is 3.16. The van der Waals surface area contributed by atoms with E-state index in [-0.39, 0.29) is 0 Å². The molecule has 114 valence electrons. The SMILES string of the molecule is CCCC(C)(CNC1CC1)CN(CCCO)C(C)C. The van der Waals surface area contributed by atoms with Gasteiger partial charge in [-0.1, -0.05) is 20.3 Å². The molecule has 1 saturated carbocycles. The molecule has 0 aromatic heterocycles. The van der Waals surface area contributed by atoms with Crippen LogP contribution in [-0.2, 0) is 0 Å². The number of nitrogens with zero attached hydrogens (tertiary/aromatic N) is 1. The molecule has 2 N–H and O–H groups in total. The summed E-state index contributed by atoms with van der Waals surface area (Å²) >= 11 is 0. The highest BCUT2D eigenvalue weighted by atomic mass is 16.3. The van der Waals surface area contributed by atoms with E-state index >= 15 is 0 Å². The van der Waals surface area contributed by atoms with Crippen LogP contribution < -0.4 is 5.32 Å². The maximum atomic E-state index is 9.04. The van der Waals surface area contributed by atoms with Crippen molar-refractivity contribution < 1.29 is 5.11 Å². The zero-order valence-electron chi connectivity index (χ0n) is 13.4. The molecule has 1 fully saturated rings. The van der Waals surface area contributed by atoms with E-state index in [4.69, 9.17) is 5.11 Å². The first-order valence-corrected chi connectivity index (χ1v) is 8.09. The van der Waals surface area contributed by atoms with Gasteiger partial charge in [0, 0.05) is 38.3 Å². The van der Waals surface area contributed by atoms with Gasteiger partial charge in [-0.15, -0.1) is 0 Å². The van der Waals surface area contributed by atoms with Crippen LogP contribution in [0.15, 0.2) is 0 Å². The van der Waals surface area contributed by atoms with Gasteiger partial charge in [-0.3, -0.25) is 0 Å². The molecule has 0 radical (unpaired) electrons. The minimum atomic E-state index is 0.300. The van der Waals surface area contributed by atoms with Crippen molar-refractivity contribution in [2.24, 2.45) is 5.41 Å². The Bertz CT molecular complexity index is 241. The molecular formula is C16H34N2O. The van der Waals surface area contributed by atoms with Crippen LogP contribution in [0.5, 0.6) is 0 Å². The van der Waals surface area contributed by atoms with Gasteiger partial charge in [0.2, 0.25) is 0 Å². The predicted octanol–water partition coefficient (Wildman–Crippen LogP) is 2.64. The number of hydrogen-bond donors (Lipinski definition) is 2. The van der Waals surface area contributed by atoms with Gasteiger partial charge in [0.15, 0.2) is 0 Å². The van der Waals surface area contributed by atoms with Gasteiger partial charge in [0.25, 0.3) is 0 Å². The quantitative estimate of drug-likeness (QED) is 0.606. The monoisotopic (exact) mass is 270 g/mol. The summed E-state index contributed by atoms with van der Waals surface area (Å²) in [5.41, 5.74) is 0.358. The molecule has 0 amide bonds. The number of hydrogen-bond acceptors (Lipinski definition) is 3. The number of nitrogens with one attached hydrogen (secondary N) is 1. The lowest BCUT2D eigenvalue weighted by atomic mass is 9.84. The van der Waals surface area contributed by atoms with E-state index in [1.165, 1.54) is 25.7 Å². The Morgan fingerprint density at radius 1 is 1.37 bits per heavy atom. The highest BCUT2D eigenvalue weighted by Crippen LogP contribution is 2.27. The number of rotatable bonds is 11. The van der Waals surface area contributed by atoms with Crippen molar-refractivity contribution in [3.8, 4) is 0 Å². The zero-order chi connectivity index (χ0) is 14.3. The third-order valence-corrected chi connectivity index (χ3v) is 4.17. The summed E-state index contributed by atoms with van der Waals surface area (Å²) < 4.78 is 0. The van der Waals surface area contributed by atoms with Gasteiger partial charge in [-0.2, -0.15) is 0 Å². The Balaban J connectivity index is 2.50. The molecule has 0 saturated heterocycles. The third-order valence-electron chi connectivity index (χ3n) is 4.17. The van der Waals surface area contributed by atoms with Crippen LogP contribution >= 0.6 is 0 Å². The Morgan fingerprint density at radius 3 is 2.53 bits per heavy atom. The van der Waals surface area contributed by atoms with Crippen LogP contribution in [-0.4, -0.2) is 48.3 Å². The summed E-state index contributed by atoms with van der Waals surface area (Å²) in [4.78, 5) is 2.53. The normalized spacial score (nSPS) is 19.1. The molecule has 1 unspecified atom stereocenters. The van der Waals surface area contributed by atoms with E-state index in [2.05, 4.69) is 37.9 Å². The van der Waals surface area contributed by atoms with Gasteiger partial charge in [0.05, 0.1) is 0 Å². The summed E-state index contributed by atoms with van der Waals surface area (Å²) in [6, 6.07) is 1.35. The molecule has 0 aromatic rings. The molecule has 0 aliphatic heterocycles. The molecule has 0 aromatic carbocycles. The van der Waals surface area contributed by atoms with Crippen molar-refractivity contribution in [1.29, 1.82) is 0 Å². The summed E-state index contributed by atoms with van der Waals surface area (Å²) in [7, 11) is 0. The summed E-state index contributed by atoms with van der Waals surface area (Å²) in [5.74, 6) is 0. The highest BCUT2D eigenvalue weighted by molar-refractivity contribution is 4.87. The largest absolute Gasteiger partial charge is 0.396 e. The van der Waals surface area contributed by atoms with Crippen LogP contribution in [0.1, 0.15) is 59.8 Å². The topological polar surface area (TPSA) is 35.5 Å². The van der Waals surface area contributed by atoms with Gasteiger partial charge < -0.3 is 15.3 Å². The van der Waals surface area contributed by atoms with Crippen molar-refractivity contribution in [2.45, 2.75) is 71.9 Å². The molecule has 1 aliphatic rings. The first-order valence-electron chi connectivity index (χ1n) is 8.09. The Labute approximate surface area is 119 Å². The minimum Gasteiger partial charge on any atom is -0.396 e. The van der Waals surface area contributed by atoms with Crippen molar-refractivity contribution >= 4 is 0 Å². The van der Waals surface area contributed by atoms with E-state index in [0.29, 0.717) is 18.1 Å². The van der Waals surface area contributed by atoms with E-state index in [0.717, 1.165) is 32.1 Å². The maximum Gasteiger partial charge on any atom is 0.0443 e. The van der Waals surface area contributed by atoms with Gasteiger partial charge in [0.1, 0.15) is 0 Å². The summed E-state index contributed by atoms with van der Waals surface area (Å²) in [6.45, 7) is 12.8. The molecule has 3 nitrogen and oxygen atoms in total. The second-order valence-electron chi connectivity index (χ2n) is 6.86. The van der Waals surface area contributed by atoms with E-state index < -0.39 is 0 Å². The lowest BCUT2D eigenvalue weighted by Gasteiger charge is -2.38. The molecule has 3 heteroatoms. The van der Waals surface area contributed by atoms with Crippen molar-refractivity contribution in [3.63, 3.8) is 0 Å². The lowest BCUT2D eigenvalue weighted by Crippen LogP contribution is -2.45. The molecule has 1 atom stereocenters. The molecule has 0 heterocycles. The number of aliphatic hydroxyl groups excluding tert-OH is 1. The van der Waals surface area contributed by atoms with E-state index in [1.54, 1.807) is 0 Å². The van der Waals surface area contributed by atoms with Crippen LogP contribution in [0.4, 0.5) is 0 Å². The second-order valence-corrected chi connectivity index (χ2v) is 6.86. The van der Waals surface area contributed by atoms with Crippen LogP contribution in [0.3, 0.4) is 0 Å². The predicted molar refractivity (Wildman–Crippen MR) is 82.5 cm³/mol. The summed E-state index contributed by atoms with van der Waals surface area (Å²) in [6.07, 6.45) is 6.13. The van der Waals surface area contributed by atoms with Crippen LogP contribution in [0.25, 0.3) is 0 Å². The third kappa shape index (κ3) is 6.73. The van der Waals surface area contributed by atoms with Crippen molar-refractivity contribution in [1.82, 2.24) is 10.2 Å². The number of aliphatic hydroxyl groups is 1. The van der Waals surface area contributed by atoms with Gasteiger partial charge in [-0.25, -0.2) is 0 Å². The Morgan fingerprint density at radius 2 is 2.05 bits per heavy atom. The fourth-order valence-electron chi connectivity index (χ4n) is 2.79. The van der Waals surface area contributed by atoms with Gasteiger partial charge >= 0.3 is 0 Å². The maximum absolute atomic E-state index is 9.04. The van der Waals surface area contributed by atoms with Crippen LogP contribution in [0, 0.1) is 5.41 Å². The molecule has 0 bridgehead atoms. The standard InChI is InChI=1S/C16H34N2O/c1-5-9-16(4,12-17-15-7-8-15)13-18(14(2)3)10-6-11-19/h14-15,17,19H,5-13H2,1-4H3. The smallest absolute Gasteiger partial charge is 0.0443 e. The highest BCUT2D eigenvalue weighted by Gasteiger charge is 2.30. The molecule has 1 rings (SSSR count). The van der Waals surface area contributed by atoms with Gasteiger partial charge in [-0.05, 0) is 44.9 Å². The van der Waals surface area contributed by atoms with Crippen molar-refractivity contribution in [2.75, 3.05) is 26.2 Å². The Kier molecular flexibility index (Phi) is 7.33. The fourth-order valence-corrected chi connectivity index (χ4v) is 2.79. The Hall–Kier alpha value is -0.120. The zero-order valence-corrected chi connectivity index (χ0v) is 13.4. The first-order chi connectivity index (χ1) is 9.00. The molecule has 19 heavy (non-hydrogen) atoms. The molecular weight excluding hydrogens is 236 g/mol. The summed E-state index contributed by atoms with van der Waals surface area (Å²) in [5, 5.41) is 12.8. The van der Waals surface area contributed by atoms with E-state index in [9.17, 15) is 0 Å². The average molecular weight is 270 g/mol. The molecule has 1 aliphatic carbocycles. The van der Waals surface area contributed by atoms with Crippen molar-refractivity contribution in [3.05, 3.63) is 0 Å². The first kappa shape index (κ1) is 16.9. The van der Waals surface area contributed by atoms with E-state index in [1.807, 2.05) is 0 Å². The molecule has 0 spiro atoms. The fraction of sp³-hybridized carbons (Fsp3) is 1.00. The minimum absolute atomic E-state index is 0.300. The lowest BCUT2D eigenvalue weighted by molar-refractivity contribution is 0.113. The second kappa shape index (κ2) is 8.23.